The average Bonchev–Trinajstić information content (AvgIpc) is 2.76. The minimum atomic E-state index is -0.0164. The van der Waals surface area contributed by atoms with Crippen LogP contribution < -0.4 is 11.1 Å². The molecule has 0 amide bonds. The zero-order valence-corrected chi connectivity index (χ0v) is 9.28. The standard InChI is InChI=1S/C10H21N3O2/c1-2-9(10(11)13-14)12-5-3-8-4-6-15-7-8/h8-9,12,14H,2-7H2,1H3,(H2,11,13). The summed E-state index contributed by atoms with van der Waals surface area (Å²) in [5.74, 6) is 0.933. The van der Waals surface area contributed by atoms with Crippen LogP contribution in [0.5, 0.6) is 0 Å². The SMILES string of the molecule is CCC(NCCC1CCOC1)C(N)=NO. The Bertz CT molecular complexity index is 203. The van der Waals surface area contributed by atoms with Crippen molar-refractivity contribution in [2.45, 2.75) is 32.2 Å². The number of nitrogens with zero attached hydrogens (tertiary/aromatic N) is 1. The molecule has 4 N–H and O–H groups in total. The van der Waals surface area contributed by atoms with Crippen molar-refractivity contribution in [1.82, 2.24) is 5.32 Å². The summed E-state index contributed by atoms with van der Waals surface area (Å²) < 4.78 is 5.29. The maximum Gasteiger partial charge on any atom is 0.156 e. The van der Waals surface area contributed by atoms with Crippen molar-refractivity contribution in [2.24, 2.45) is 16.8 Å². The third-order valence-electron chi connectivity index (χ3n) is 2.85. The lowest BCUT2D eigenvalue weighted by atomic mass is 10.0. The van der Waals surface area contributed by atoms with Gasteiger partial charge in [0.25, 0.3) is 0 Å². The summed E-state index contributed by atoms with van der Waals surface area (Å²) in [7, 11) is 0. The van der Waals surface area contributed by atoms with Gasteiger partial charge in [-0.15, -0.1) is 0 Å². The van der Waals surface area contributed by atoms with E-state index in [2.05, 4.69) is 10.5 Å². The van der Waals surface area contributed by atoms with Gasteiger partial charge in [0.1, 0.15) is 0 Å². The zero-order chi connectivity index (χ0) is 11.1. The highest BCUT2D eigenvalue weighted by Crippen LogP contribution is 2.15. The van der Waals surface area contributed by atoms with Crippen LogP contribution in [0.25, 0.3) is 0 Å². The molecule has 1 heterocycles. The van der Waals surface area contributed by atoms with Gasteiger partial charge in [0.05, 0.1) is 6.04 Å². The van der Waals surface area contributed by atoms with Crippen molar-refractivity contribution in [3.63, 3.8) is 0 Å². The monoisotopic (exact) mass is 215 g/mol. The Labute approximate surface area is 90.7 Å². The van der Waals surface area contributed by atoms with Gasteiger partial charge in [-0.25, -0.2) is 0 Å². The van der Waals surface area contributed by atoms with Crippen LogP contribution >= 0.6 is 0 Å². The zero-order valence-electron chi connectivity index (χ0n) is 9.28. The van der Waals surface area contributed by atoms with Crippen LogP contribution in [0.1, 0.15) is 26.2 Å². The minimum absolute atomic E-state index is 0.0164. The second-order valence-electron chi connectivity index (χ2n) is 3.96. The molecule has 0 aliphatic carbocycles. The summed E-state index contributed by atoms with van der Waals surface area (Å²) >= 11 is 0. The molecule has 1 saturated heterocycles. The van der Waals surface area contributed by atoms with Crippen LogP contribution in [-0.4, -0.2) is 36.8 Å². The Morgan fingerprint density at radius 2 is 2.53 bits per heavy atom. The van der Waals surface area contributed by atoms with E-state index in [9.17, 15) is 0 Å². The fraction of sp³-hybridized carbons (Fsp3) is 0.900. The number of oxime groups is 1. The first-order valence-electron chi connectivity index (χ1n) is 5.56. The lowest BCUT2D eigenvalue weighted by Crippen LogP contribution is -2.41. The molecule has 2 atom stereocenters. The third-order valence-corrected chi connectivity index (χ3v) is 2.85. The van der Waals surface area contributed by atoms with E-state index in [1.54, 1.807) is 0 Å². The van der Waals surface area contributed by atoms with E-state index in [1.165, 1.54) is 0 Å². The van der Waals surface area contributed by atoms with Gasteiger partial charge in [-0.3, -0.25) is 0 Å². The lowest BCUT2D eigenvalue weighted by Gasteiger charge is -2.16. The highest BCUT2D eigenvalue weighted by atomic mass is 16.5. The summed E-state index contributed by atoms with van der Waals surface area (Å²) in [4.78, 5) is 0. The predicted molar refractivity (Wildman–Crippen MR) is 59.0 cm³/mol. The topological polar surface area (TPSA) is 79.9 Å². The van der Waals surface area contributed by atoms with Crippen LogP contribution in [0.3, 0.4) is 0 Å². The number of hydrogen-bond donors (Lipinski definition) is 3. The van der Waals surface area contributed by atoms with Crippen molar-refractivity contribution < 1.29 is 9.94 Å². The molecular weight excluding hydrogens is 194 g/mol. The molecule has 1 aliphatic heterocycles. The average molecular weight is 215 g/mol. The predicted octanol–water partition coefficient (Wildman–Crippen LogP) is 0.528. The summed E-state index contributed by atoms with van der Waals surface area (Å²) in [5.41, 5.74) is 5.53. The van der Waals surface area contributed by atoms with Gasteiger partial charge in [-0.2, -0.15) is 0 Å². The molecular formula is C10H21N3O2. The highest BCUT2D eigenvalue weighted by molar-refractivity contribution is 5.85. The lowest BCUT2D eigenvalue weighted by molar-refractivity contribution is 0.184. The van der Waals surface area contributed by atoms with Crippen molar-refractivity contribution >= 4 is 5.84 Å². The fourth-order valence-corrected chi connectivity index (χ4v) is 1.80. The molecule has 0 aromatic carbocycles. The van der Waals surface area contributed by atoms with E-state index in [-0.39, 0.29) is 11.9 Å². The molecule has 15 heavy (non-hydrogen) atoms. The van der Waals surface area contributed by atoms with E-state index in [1.807, 2.05) is 6.92 Å². The second kappa shape index (κ2) is 6.63. The summed E-state index contributed by atoms with van der Waals surface area (Å²) in [6, 6.07) is -0.0164. The van der Waals surface area contributed by atoms with Crippen LogP contribution in [0.2, 0.25) is 0 Å². The van der Waals surface area contributed by atoms with E-state index < -0.39 is 0 Å². The molecule has 1 rings (SSSR count). The summed E-state index contributed by atoms with van der Waals surface area (Å²) in [5, 5.41) is 14.8. The molecule has 0 spiro atoms. The van der Waals surface area contributed by atoms with E-state index >= 15 is 0 Å². The van der Waals surface area contributed by atoms with Gasteiger partial charge in [0.2, 0.25) is 0 Å². The first kappa shape index (κ1) is 12.3. The van der Waals surface area contributed by atoms with E-state index in [0.717, 1.165) is 39.0 Å². The molecule has 1 fully saturated rings. The van der Waals surface area contributed by atoms with Gasteiger partial charge in [-0.1, -0.05) is 12.1 Å². The minimum Gasteiger partial charge on any atom is -0.409 e. The molecule has 5 nitrogen and oxygen atoms in total. The van der Waals surface area contributed by atoms with Gasteiger partial charge < -0.3 is 21.0 Å². The van der Waals surface area contributed by atoms with Crippen LogP contribution in [0.4, 0.5) is 0 Å². The fourth-order valence-electron chi connectivity index (χ4n) is 1.80. The van der Waals surface area contributed by atoms with Crippen molar-refractivity contribution in [3.8, 4) is 0 Å². The molecule has 88 valence electrons. The van der Waals surface area contributed by atoms with Crippen molar-refractivity contribution in [1.29, 1.82) is 0 Å². The van der Waals surface area contributed by atoms with Gasteiger partial charge in [-0.05, 0) is 31.7 Å². The number of amidine groups is 1. The van der Waals surface area contributed by atoms with Crippen LogP contribution in [0, 0.1) is 5.92 Å². The first-order chi connectivity index (χ1) is 7.27. The number of hydrogen-bond acceptors (Lipinski definition) is 4. The van der Waals surface area contributed by atoms with Crippen molar-refractivity contribution in [2.75, 3.05) is 19.8 Å². The van der Waals surface area contributed by atoms with E-state index in [0.29, 0.717) is 5.92 Å². The molecule has 0 aromatic rings. The maximum absolute atomic E-state index is 8.55. The number of ether oxygens (including phenoxy) is 1. The normalized spacial score (nSPS) is 24.3. The molecule has 0 radical (unpaired) electrons. The van der Waals surface area contributed by atoms with Crippen LogP contribution in [0.15, 0.2) is 5.16 Å². The third kappa shape index (κ3) is 4.05. The summed E-state index contributed by atoms with van der Waals surface area (Å²) in [6.07, 6.45) is 3.08. The Morgan fingerprint density at radius 1 is 1.73 bits per heavy atom. The summed E-state index contributed by atoms with van der Waals surface area (Å²) in [6.45, 7) is 4.67. The molecule has 0 bridgehead atoms. The first-order valence-corrected chi connectivity index (χ1v) is 5.56. The van der Waals surface area contributed by atoms with Crippen molar-refractivity contribution in [3.05, 3.63) is 0 Å². The molecule has 2 unspecified atom stereocenters. The highest BCUT2D eigenvalue weighted by Gasteiger charge is 2.16. The molecule has 0 aromatic heterocycles. The largest absolute Gasteiger partial charge is 0.409 e. The number of rotatable bonds is 6. The molecule has 0 saturated carbocycles. The van der Waals surface area contributed by atoms with Gasteiger partial charge in [0, 0.05) is 13.2 Å². The Balaban J connectivity index is 2.16. The van der Waals surface area contributed by atoms with Gasteiger partial charge >= 0.3 is 0 Å². The Morgan fingerprint density at radius 3 is 3.07 bits per heavy atom. The van der Waals surface area contributed by atoms with Gasteiger partial charge in [0.15, 0.2) is 5.84 Å². The number of nitrogens with two attached hydrogens (primary N) is 1. The Kier molecular flexibility index (Phi) is 5.42. The smallest absolute Gasteiger partial charge is 0.156 e. The Hall–Kier alpha value is -0.810. The van der Waals surface area contributed by atoms with Crippen LogP contribution in [-0.2, 0) is 4.74 Å². The molecule has 1 aliphatic rings. The maximum atomic E-state index is 8.55. The van der Waals surface area contributed by atoms with E-state index in [4.69, 9.17) is 15.7 Å². The number of nitrogens with one attached hydrogen (secondary N) is 1. The quantitative estimate of drug-likeness (QED) is 0.261. The second-order valence-corrected chi connectivity index (χ2v) is 3.96. The molecule has 5 heteroatoms.